The van der Waals surface area contributed by atoms with Gasteiger partial charge in [0.1, 0.15) is 11.6 Å². The molecule has 2 heterocycles. The van der Waals surface area contributed by atoms with Crippen LogP contribution in [0.1, 0.15) is 41.7 Å². The molecule has 1 aromatic carbocycles. The van der Waals surface area contributed by atoms with Gasteiger partial charge in [-0.05, 0) is 37.8 Å². The van der Waals surface area contributed by atoms with Crippen molar-refractivity contribution in [3.05, 3.63) is 64.6 Å². The van der Waals surface area contributed by atoms with Gasteiger partial charge >= 0.3 is 0 Å². The van der Waals surface area contributed by atoms with Crippen molar-refractivity contribution in [3.8, 4) is 0 Å². The highest BCUT2D eigenvalue weighted by molar-refractivity contribution is 5.92. The zero-order valence-corrected chi connectivity index (χ0v) is 16.5. The third kappa shape index (κ3) is 4.01. The maximum atomic E-state index is 13.9. The maximum absolute atomic E-state index is 13.9. The third-order valence-electron chi connectivity index (χ3n) is 5.39. The molecule has 29 heavy (non-hydrogen) atoms. The molecule has 4 rings (SSSR count). The highest BCUT2D eigenvalue weighted by Gasteiger charge is 2.27. The molecule has 1 unspecified atom stereocenters. The van der Waals surface area contributed by atoms with Crippen LogP contribution in [0.2, 0.25) is 0 Å². The summed E-state index contributed by atoms with van der Waals surface area (Å²) in [5.41, 5.74) is 3.30. The van der Waals surface area contributed by atoms with Crippen LogP contribution in [0, 0.1) is 18.7 Å². The minimum Gasteiger partial charge on any atom is -0.307 e. The van der Waals surface area contributed by atoms with Crippen molar-refractivity contribution in [2.75, 3.05) is 5.32 Å². The fourth-order valence-corrected chi connectivity index (χ4v) is 3.58. The Labute approximate surface area is 168 Å². The summed E-state index contributed by atoms with van der Waals surface area (Å²) in [7, 11) is 0. The quantitative estimate of drug-likeness (QED) is 0.719. The lowest BCUT2D eigenvalue weighted by atomic mass is 9.86. The topological polar surface area (TPSA) is 85.6 Å². The van der Waals surface area contributed by atoms with Crippen molar-refractivity contribution in [1.29, 1.82) is 0 Å². The number of benzene rings is 1. The van der Waals surface area contributed by atoms with E-state index in [9.17, 15) is 9.18 Å². The second-order valence-corrected chi connectivity index (χ2v) is 7.31. The van der Waals surface area contributed by atoms with Gasteiger partial charge in [-0.2, -0.15) is 0 Å². The van der Waals surface area contributed by atoms with Crippen molar-refractivity contribution in [2.24, 2.45) is 5.92 Å². The lowest BCUT2D eigenvalue weighted by Crippen LogP contribution is -2.29. The van der Waals surface area contributed by atoms with Gasteiger partial charge in [0.15, 0.2) is 5.82 Å². The second-order valence-electron chi connectivity index (χ2n) is 7.31. The predicted molar refractivity (Wildman–Crippen MR) is 106 cm³/mol. The number of aromatic nitrogens is 5. The number of halogens is 1. The largest absolute Gasteiger partial charge is 0.307 e. The van der Waals surface area contributed by atoms with Gasteiger partial charge < -0.3 is 5.32 Å². The number of aryl methyl sites for hydroxylation is 2. The van der Waals surface area contributed by atoms with Gasteiger partial charge in [0.2, 0.25) is 5.91 Å². The Morgan fingerprint density at radius 3 is 2.97 bits per heavy atom. The fourth-order valence-electron chi connectivity index (χ4n) is 3.58. The maximum Gasteiger partial charge on any atom is 0.229 e. The fraction of sp³-hybridized carbons (Fsp3) is 0.381. The van der Waals surface area contributed by atoms with Crippen molar-refractivity contribution in [1.82, 2.24) is 25.0 Å². The highest BCUT2D eigenvalue weighted by atomic mass is 19.1. The Morgan fingerprint density at radius 2 is 2.17 bits per heavy atom. The van der Waals surface area contributed by atoms with E-state index in [0.29, 0.717) is 23.5 Å². The summed E-state index contributed by atoms with van der Waals surface area (Å²) >= 11 is 0. The van der Waals surface area contributed by atoms with Crippen LogP contribution < -0.4 is 5.32 Å². The van der Waals surface area contributed by atoms with Crippen LogP contribution in [-0.2, 0) is 30.6 Å². The zero-order valence-electron chi connectivity index (χ0n) is 16.5. The molecule has 3 aromatic rings. The van der Waals surface area contributed by atoms with Gasteiger partial charge in [0.05, 0.1) is 12.2 Å². The van der Waals surface area contributed by atoms with Crippen LogP contribution in [0.5, 0.6) is 0 Å². The van der Waals surface area contributed by atoms with Gasteiger partial charge in [-0.1, -0.05) is 30.3 Å². The molecule has 0 spiro atoms. The van der Waals surface area contributed by atoms with Gasteiger partial charge in [-0.3, -0.25) is 4.79 Å². The van der Waals surface area contributed by atoms with Crippen molar-refractivity contribution in [2.45, 2.75) is 46.1 Å². The molecule has 1 N–H and O–H groups in total. The van der Waals surface area contributed by atoms with Gasteiger partial charge in [-0.15, -0.1) is 5.10 Å². The van der Waals surface area contributed by atoms with E-state index in [0.717, 1.165) is 36.3 Å². The lowest BCUT2D eigenvalue weighted by molar-refractivity contribution is -0.120. The van der Waals surface area contributed by atoms with Crippen LogP contribution in [0.25, 0.3) is 0 Å². The molecule has 0 saturated carbocycles. The van der Waals surface area contributed by atoms with Crippen LogP contribution in [0.15, 0.2) is 30.5 Å². The van der Waals surface area contributed by atoms with Crippen molar-refractivity contribution >= 4 is 11.7 Å². The number of carbonyl (C=O) groups excluding carboxylic acids is 1. The number of fused-ring (bicyclic) bond motifs is 1. The molecule has 7 nitrogen and oxygen atoms in total. The number of amides is 1. The van der Waals surface area contributed by atoms with Crippen LogP contribution in [0.4, 0.5) is 10.2 Å². The Bertz CT molecular complexity index is 1050. The second kappa shape index (κ2) is 8.06. The average Bonchev–Trinajstić information content (AvgIpc) is 3.08. The molecule has 1 aliphatic carbocycles. The summed E-state index contributed by atoms with van der Waals surface area (Å²) in [5, 5.41) is 11.0. The Hall–Kier alpha value is -3.16. The number of hydrogen-bond donors (Lipinski definition) is 1. The summed E-state index contributed by atoms with van der Waals surface area (Å²) in [6, 6.07) is 6.55. The summed E-state index contributed by atoms with van der Waals surface area (Å²) in [5.74, 6) is 0.719. The number of carbonyl (C=O) groups is 1. The molecule has 150 valence electrons. The molecule has 1 atom stereocenters. The van der Waals surface area contributed by atoms with E-state index >= 15 is 0 Å². The average molecular weight is 394 g/mol. The molecule has 2 aromatic heterocycles. The standard InChI is InChI=1S/C21H23FN6O/c1-3-19-23-11-16-10-14(8-9-18(16)24-19)21(29)25-20-13(2)28(27-26-20)12-15-6-4-5-7-17(15)22/h4-7,11,14H,3,8-10,12H2,1-2H3,(H,25,29). The van der Waals surface area contributed by atoms with E-state index < -0.39 is 0 Å². The van der Waals surface area contributed by atoms with Crippen molar-refractivity contribution in [3.63, 3.8) is 0 Å². The van der Waals surface area contributed by atoms with Crippen molar-refractivity contribution < 1.29 is 9.18 Å². The molecule has 8 heteroatoms. The van der Waals surface area contributed by atoms with Gasteiger partial charge in [0, 0.05) is 29.8 Å². The Morgan fingerprint density at radius 1 is 1.34 bits per heavy atom. The molecule has 0 aliphatic heterocycles. The molecule has 0 radical (unpaired) electrons. The molecule has 1 amide bonds. The van der Waals surface area contributed by atoms with E-state index in [-0.39, 0.29) is 24.2 Å². The smallest absolute Gasteiger partial charge is 0.229 e. The molecular formula is C21H23FN6O. The van der Waals surface area contributed by atoms with E-state index in [4.69, 9.17) is 0 Å². The molecule has 0 saturated heterocycles. The number of nitrogens with one attached hydrogen (secondary N) is 1. The lowest BCUT2D eigenvalue weighted by Gasteiger charge is -2.22. The Kier molecular flexibility index (Phi) is 5.33. The SMILES string of the molecule is CCc1ncc2c(n1)CCC(C(=O)Nc1nnn(Cc3ccccc3F)c1C)C2. The highest BCUT2D eigenvalue weighted by Crippen LogP contribution is 2.25. The summed E-state index contributed by atoms with van der Waals surface area (Å²) in [6.07, 6.45) is 4.77. The van der Waals surface area contributed by atoms with Crippen LogP contribution in [0.3, 0.4) is 0 Å². The number of hydrogen-bond acceptors (Lipinski definition) is 5. The number of anilines is 1. The number of nitrogens with zero attached hydrogens (tertiary/aromatic N) is 5. The molecule has 1 aliphatic rings. The summed E-state index contributed by atoms with van der Waals surface area (Å²) < 4.78 is 15.5. The minimum atomic E-state index is -0.290. The molecule has 0 bridgehead atoms. The van der Waals surface area contributed by atoms with Gasteiger partial charge in [0.25, 0.3) is 0 Å². The molecular weight excluding hydrogens is 371 g/mol. The number of rotatable bonds is 5. The van der Waals surface area contributed by atoms with E-state index in [1.54, 1.807) is 22.9 Å². The first-order valence-corrected chi connectivity index (χ1v) is 9.83. The van der Waals surface area contributed by atoms with E-state index in [1.807, 2.05) is 20.0 Å². The first-order valence-electron chi connectivity index (χ1n) is 9.83. The van der Waals surface area contributed by atoms with Crippen LogP contribution in [-0.4, -0.2) is 30.9 Å². The zero-order chi connectivity index (χ0) is 20.4. The van der Waals surface area contributed by atoms with Gasteiger partial charge in [-0.25, -0.2) is 19.0 Å². The van der Waals surface area contributed by atoms with Crippen LogP contribution >= 0.6 is 0 Å². The monoisotopic (exact) mass is 394 g/mol. The predicted octanol–water partition coefficient (Wildman–Crippen LogP) is 2.87. The van der Waals surface area contributed by atoms with E-state index in [1.165, 1.54) is 6.07 Å². The minimum absolute atomic E-state index is 0.0868. The first kappa shape index (κ1) is 19.2. The molecule has 0 fully saturated rings. The third-order valence-corrected chi connectivity index (χ3v) is 5.39. The first-order chi connectivity index (χ1) is 14.0. The van der Waals surface area contributed by atoms with E-state index in [2.05, 4.69) is 25.6 Å². The summed E-state index contributed by atoms with van der Waals surface area (Å²) in [6.45, 7) is 4.10. The normalized spacial score (nSPS) is 15.8. The summed E-state index contributed by atoms with van der Waals surface area (Å²) in [4.78, 5) is 21.7. The Balaban J connectivity index is 1.44.